The SMILES string of the molecule is CC/C=C/C(F)(F)C(C)C. The van der Waals surface area contributed by atoms with Crippen LogP contribution in [0.15, 0.2) is 12.2 Å². The molecule has 0 fully saturated rings. The molecule has 0 nitrogen and oxygen atoms in total. The maximum absolute atomic E-state index is 12.6. The first-order valence-electron chi connectivity index (χ1n) is 3.56. The zero-order valence-electron chi connectivity index (χ0n) is 6.70. The summed E-state index contributed by atoms with van der Waals surface area (Å²) in [7, 11) is 0. The second-order valence-electron chi connectivity index (χ2n) is 2.64. The van der Waals surface area contributed by atoms with Crippen molar-refractivity contribution in [2.24, 2.45) is 5.92 Å². The number of rotatable bonds is 3. The van der Waals surface area contributed by atoms with Crippen molar-refractivity contribution < 1.29 is 8.78 Å². The molecule has 0 aliphatic carbocycles. The van der Waals surface area contributed by atoms with Gasteiger partial charge < -0.3 is 0 Å². The van der Waals surface area contributed by atoms with Crippen LogP contribution in [0.3, 0.4) is 0 Å². The van der Waals surface area contributed by atoms with Crippen LogP contribution in [-0.4, -0.2) is 5.92 Å². The van der Waals surface area contributed by atoms with Crippen LogP contribution in [0.5, 0.6) is 0 Å². The first-order chi connectivity index (χ1) is 4.50. The third-order valence-corrected chi connectivity index (χ3v) is 1.35. The Hall–Kier alpha value is -0.400. The molecule has 0 aliphatic rings. The van der Waals surface area contributed by atoms with E-state index in [1.807, 2.05) is 6.92 Å². The van der Waals surface area contributed by atoms with Gasteiger partial charge in [-0.15, -0.1) is 0 Å². The van der Waals surface area contributed by atoms with Gasteiger partial charge in [0.05, 0.1) is 0 Å². The molecular weight excluding hydrogens is 134 g/mol. The number of allylic oxidation sites excluding steroid dienone is 2. The van der Waals surface area contributed by atoms with Gasteiger partial charge in [0.2, 0.25) is 0 Å². The molecule has 2 heteroatoms. The summed E-state index contributed by atoms with van der Waals surface area (Å²) in [5.41, 5.74) is 0. The van der Waals surface area contributed by atoms with Crippen molar-refractivity contribution >= 4 is 0 Å². The van der Waals surface area contributed by atoms with Gasteiger partial charge in [-0.05, 0) is 12.5 Å². The topological polar surface area (TPSA) is 0 Å². The second-order valence-corrected chi connectivity index (χ2v) is 2.64. The van der Waals surface area contributed by atoms with Gasteiger partial charge in [-0.3, -0.25) is 0 Å². The lowest BCUT2D eigenvalue weighted by Crippen LogP contribution is -2.19. The van der Waals surface area contributed by atoms with E-state index in [1.165, 1.54) is 19.9 Å². The highest BCUT2D eigenvalue weighted by Crippen LogP contribution is 2.25. The van der Waals surface area contributed by atoms with Gasteiger partial charge in [-0.25, -0.2) is 8.78 Å². The average molecular weight is 148 g/mol. The molecule has 0 aromatic heterocycles. The molecule has 0 aromatic rings. The summed E-state index contributed by atoms with van der Waals surface area (Å²) in [5.74, 6) is -3.23. The molecule has 0 N–H and O–H groups in total. The molecule has 0 unspecified atom stereocenters. The molecule has 0 aliphatic heterocycles. The van der Waals surface area contributed by atoms with Crippen LogP contribution in [0.4, 0.5) is 8.78 Å². The molecule has 0 aromatic carbocycles. The zero-order valence-corrected chi connectivity index (χ0v) is 6.70. The van der Waals surface area contributed by atoms with Gasteiger partial charge in [0.1, 0.15) is 0 Å². The normalized spacial score (nSPS) is 13.4. The van der Waals surface area contributed by atoms with Crippen molar-refractivity contribution in [2.75, 3.05) is 0 Å². The van der Waals surface area contributed by atoms with Gasteiger partial charge in [0.15, 0.2) is 0 Å². The lowest BCUT2D eigenvalue weighted by molar-refractivity contribution is 0.00605. The molecule has 0 saturated heterocycles. The van der Waals surface area contributed by atoms with Gasteiger partial charge in [0.25, 0.3) is 5.92 Å². The Morgan fingerprint density at radius 2 is 1.90 bits per heavy atom. The third-order valence-electron chi connectivity index (χ3n) is 1.35. The molecular formula is C8H14F2. The van der Waals surface area contributed by atoms with Crippen molar-refractivity contribution in [2.45, 2.75) is 33.1 Å². The minimum Gasteiger partial charge on any atom is -0.202 e. The molecule has 0 radical (unpaired) electrons. The summed E-state index contributed by atoms with van der Waals surface area (Å²) in [6, 6.07) is 0. The summed E-state index contributed by atoms with van der Waals surface area (Å²) >= 11 is 0. The Labute approximate surface area is 60.9 Å². The predicted molar refractivity (Wildman–Crippen MR) is 39.2 cm³/mol. The largest absolute Gasteiger partial charge is 0.268 e. The number of hydrogen-bond acceptors (Lipinski definition) is 0. The maximum atomic E-state index is 12.6. The van der Waals surface area contributed by atoms with E-state index in [1.54, 1.807) is 0 Å². The van der Waals surface area contributed by atoms with Gasteiger partial charge >= 0.3 is 0 Å². The van der Waals surface area contributed by atoms with E-state index < -0.39 is 11.8 Å². The summed E-state index contributed by atoms with van der Waals surface area (Å²) in [4.78, 5) is 0. The molecule has 0 amide bonds. The van der Waals surface area contributed by atoms with E-state index in [0.29, 0.717) is 6.42 Å². The van der Waals surface area contributed by atoms with Crippen molar-refractivity contribution in [1.82, 2.24) is 0 Å². The van der Waals surface area contributed by atoms with Crippen molar-refractivity contribution in [1.29, 1.82) is 0 Å². The smallest absolute Gasteiger partial charge is 0.202 e. The Balaban J connectivity index is 3.98. The molecule has 0 saturated carbocycles. The van der Waals surface area contributed by atoms with Crippen LogP contribution < -0.4 is 0 Å². The fraction of sp³-hybridized carbons (Fsp3) is 0.750. The highest BCUT2D eigenvalue weighted by atomic mass is 19.3. The minimum absolute atomic E-state index is 0.602. The second kappa shape index (κ2) is 3.69. The molecule has 0 spiro atoms. The fourth-order valence-corrected chi connectivity index (χ4v) is 0.467. The van der Waals surface area contributed by atoms with Gasteiger partial charge in [0, 0.05) is 5.92 Å². The first-order valence-corrected chi connectivity index (χ1v) is 3.56. The van der Waals surface area contributed by atoms with Crippen LogP contribution >= 0.6 is 0 Å². The van der Waals surface area contributed by atoms with E-state index >= 15 is 0 Å². The van der Waals surface area contributed by atoms with Crippen LogP contribution in [-0.2, 0) is 0 Å². The Kier molecular flexibility index (Phi) is 3.54. The van der Waals surface area contributed by atoms with Crippen LogP contribution in [0.25, 0.3) is 0 Å². The van der Waals surface area contributed by atoms with E-state index in [-0.39, 0.29) is 0 Å². The number of halogens is 2. The summed E-state index contributed by atoms with van der Waals surface area (Å²) < 4.78 is 25.3. The molecule has 0 heterocycles. The van der Waals surface area contributed by atoms with Crippen LogP contribution in [0, 0.1) is 5.92 Å². The van der Waals surface area contributed by atoms with Crippen molar-refractivity contribution in [3.05, 3.63) is 12.2 Å². The molecule has 0 rings (SSSR count). The van der Waals surface area contributed by atoms with E-state index in [4.69, 9.17) is 0 Å². The lowest BCUT2D eigenvalue weighted by Gasteiger charge is -2.15. The minimum atomic E-state index is -2.63. The highest BCUT2D eigenvalue weighted by Gasteiger charge is 2.28. The molecule has 0 bridgehead atoms. The van der Waals surface area contributed by atoms with Crippen LogP contribution in [0.1, 0.15) is 27.2 Å². The standard InChI is InChI=1S/C8H14F2/c1-4-5-6-8(9,10)7(2)3/h5-7H,4H2,1-3H3/b6-5+. The maximum Gasteiger partial charge on any atom is 0.268 e. The Morgan fingerprint density at radius 3 is 2.20 bits per heavy atom. The van der Waals surface area contributed by atoms with E-state index in [2.05, 4.69) is 0 Å². The zero-order chi connectivity index (χ0) is 8.20. The summed E-state index contributed by atoms with van der Waals surface area (Å²) in [5, 5.41) is 0. The Morgan fingerprint density at radius 1 is 1.40 bits per heavy atom. The number of alkyl halides is 2. The third kappa shape index (κ3) is 2.95. The average Bonchev–Trinajstić information content (AvgIpc) is 1.84. The van der Waals surface area contributed by atoms with Crippen LogP contribution in [0.2, 0.25) is 0 Å². The van der Waals surface area contributed by atoms with Gasteiger partial charge in [-0.2, -0.15) is 0 Å². The molecule has 0 atom stereocenters. The number of hydrogen-bond donors (Lipinski definition) is 0. The van der Waals surface area contributed by atoms with E-state index in [9.17, 15) is 8.78 Å². The monoisotopic (exact) mass is 148 g/mol. The highest BCUT2D eigenvalue weighted by molar-refractivity contribution is 4.95. The molecule has 10 heavy (non-hydrogen) atoms. The predicted octanol–water partition coefficient (Wildman–Crippen LogP) is 3.24. The fourth-order valence-electron chi connectivity index (χ4n) is 0.467. The van der Waals surface area contributed by atoms with Crippen molar-refractivity contribution in [3.63, 3.8) is 0 Å². The Bertz CT molecular complexity index is 114. The quantitative estimate of drug-likeness (QED) is 0.539. The summed E-state index contributed by atoms with van der Waals surface area (Å²) in [6.45, 7) is 4.87. The summed E-state index contributed by atoms with van der Waals surface area (Å²) in [6.07, 6.45) is 3.15. The van der Waals surface area contributed by atoms with E-state index in [0.717, 1.165) is 6.08 Å². The van der Waals surface area contributed by atoms with Crippen molar-refractivity contribution in [3.8, 4) is 0 Å². The van der Waals surface area contributed by atoms with Gasteiger partial charge in [-0.1, -0.05) is 26.8 Å². The lowest BCUT2D eigenvalue weighted by atomic mass is 10.1. The first kappa shape index (κ1) is 9.60. The molecule has 60 valence electrons.